The predicted octanol–water partition coefficient (Wildman–Crippen LogP) is 2.56. The highest BCUT2D eigenvalue weighted by Crippen LogP contribution is 2.33. The third kappa shape index (κ3) is 2.82. The molecule has 0 spiro atoms. The summed E-state index contributed by atoms with van der Waals surface area (Å²) in [6.07, 6.45) is 0.894. The average molecular weight is 281 g/mol. The highest BCUT2D eigenvalue weighted by Gasteiger charge is 2.27. The van der Waals surface area contributed by atoms with E-state index in [1.807, 2.05) is 7.05 Å². The zero-order chi connectivity index (χ0) is 14.0. The van der Waals surface area contributed by atoms with Gasteiger partial charge in [-0.25, -0.2) is 0 Å². The maximum absolute atomic E-state index is 5.75. The van der Waals surface area contributed by atoms with Crippen LogP contribution in [0.25, 0.3) is 10.8 Å². The van der Waals surface area contributed by atoms with Gasteiger partial charge in [0.1, 0.15) is 4.88 Å². The van der Waals surface area contributed by atoms with Crippen LogP contribution in [0.3, 0.4) is 0 Å². The lowest BCUT2D eigenvalue weighted by molar-refractivity contribution is 0.415. The van der Waals surface area contributed by atoms with E-state index >= 15 is 0 Å². The first kappa shape index (κ1) is 14.1. The van der Waals surface area contributed by atoms with Crippen LogP contribution in [0.5, 0.6) is 0 Å². The molecule has 0 amide bonds. The minimum absolute atomic E-state index is 0.0835. The summed E-state index contributed by atoms with van der Waals surface area (Å²) >= 11 is 1.29. The SMILES string of the molecule is CCC(NC)c1nnc(-c2snnc2C(C)(C)C)o1. The van der Waals surface area contributed by atoms with E-state index in [9.17, 15) is 0 Å². The molecule has 0 aliphatic heterocycles. The molecule has 0 aliphatic rings. The van der Waals surface area contributed by atoms with Crippen molar-refractivity contribution in [3.05, 3.63) is 11.6 Å². The molecule has 1 atom stereocenters. The van der Waals surface area contributed by atoms with Gasteiger partial charge in [0.25, 0.3) is 5.89 Å². The Kier molecular flexibility index (Phi) is 3.96. The van der Waals surface area contributed by atoms with Gasteiger partial charge in [-0.15, -0.1) is 15.3 Å². The highest BCUT2D eigenvalue weighted by atomic mass is 32.1. The van der Waals surface area contributed by atoms with Crippen LogP contribution >= 0.6 is 11.5 Å². The van der Waals surface area contributed by atoms with Crippen molar-refractivity contribution >= 4 is 11.5 Å². The molecule has 0 saturated heterocycles. The fourth-order valence-corrected chi connectivity index (χ4v) is 2.59. The number of hydrogen-bond donors (Lipinski definition) is 1. The zero-order valence-electron chi connectivity index (χ0n) is 11.9. The molecular formula is C12H19N5OS. The molecule has 2 aromatic heterocycles. The second kappa shape index (κ2) is 5.34. The van der Waals surface area contributed by atoms with Gasteiger partial charge in [0.05, 0.1) is 11.7 Å². The summed E-state index contributed by atoms with van der Waals surface area (Å²) in [7, 11) is 1.88. The normalized spacial score (nSPS) is 13.7. The molecule has 0 bridgehead atoms. The summed E-state index contributed by atoms with van der Waals surface area (Å²) in [4.78, 5) is 0.859. The second-order valence-electron chi connectivity index (χ2n) is 5.40. The van der Waals surface area contributed by atoms with Crippen molar-refractivity contribution in [2.75, 3.05) is 7.05 Å². The van der Waals surface area contributed by atoms with Crippen molar-refractivity contribution in [2.45, 2.75) is 45.6 Å². The van der Waals surface area contributed by atoms with Gasteiger partial charge in [-0.05, 0) is 25.0 Å². The summed E-state index contributed by atoms with van der Waals surface area (Å²) in [6.45, 7) is 8.34. The lowest BCUT2D eigenvalue weighted by atomic mass is 9.91. The number of aromatic nitrogens is 4. The Bertz CT molecular complexity index is 538. The van der Waals surface area contributed by atoms with Gasteiger partial charge in [-0.3, -0.25) is 0 Å². The molecule has 19 heavy (non-hydrogen) atoms. The summed E-state index contributed by atoms with van der Waals surface area (Å²) < 4.78 is 9.76. The lowest BCUT2D eigenvalue weighted by Crippen LogP contribution is -2.15. The van der Waals surface area contributed by atoms with Crippen molar-refractivity contribution in [2.24, 2.45) is 0 Å². The van der Waals surface area contributed by atoms with Crippen LogP contribution in [0, 0.1) is 0 Å². The highest BCUT2D eigenvalue weighted by molar-refractivity contribution is 7.09. The van der Waals surface area contributed by atoms with Crippen molar-refractivity contribution in [3.63, 3.8) is 0 Å². The molecule has 1 unspecified atom stereocenters. The molecule has 2 aromatic rings. The van der Waals surface area contributed by atoms with Crippen molar-refractivity contribution in [1.29, 1.82) is 0 Å². The monoisotopic (exact) mass is 281 g/mol. The molecule has 0 fully saturated rings. The van der Waals surface area contributed by atoms with E-state index in [2.05, 4.69) is 52.8 Å². The first-order chi connectivity index (χ1) is 8.97. The van der Waals surface area contributed by atoms with E-state index in [4.69, 9.17) is 4.42 Å². The Balaban J connectivity index is 2.36. The van der Waals surface area contributed by atoms with Crippen LogP contribution in [0.15, 0.2) is 4.42 Å². The standard InChI is InChI=1S/C12H19N5OS/c1-6-7(13-5)10-15-16-11(18-10)8-9(12(2,3)4)14-17-19-8/h7,13H,6H2,1-5H3. The summed E-state index contributed by atoms with van der Waals surface area (Å²) in [5.41, 5.74) is 0.801. The van der Waals surface area contributed by atoms with Crippen LogP contribution in [-0.4, -0.2) is 26.8 Å². The van der Waals surface area contributed by atoms with E-state index in [-0.39, 0.29) is 11.5 Å². The first-order valence-corrected chi connectivity index (χ1v) is 7.08. The summed E-state index contributed by atoms with van der Waals surface area (Å²) in [5.74, 6) is 1.11. The van der Waals surface area contributed by atoms with Gasteiger partial charge < -0.3 is 9.73 Å². The minimum Gasteiger partial charge on any atom is -0.418 e. The van der Waals surface area contributed by atoms with E-state index in [1.54, 1.807) is 0 Å². The van der Waals surface area contributed by atoms with Crippen molar-refractivity contribution in [1.82, 2.24) is 25.1 Å². The smallest absolute Gasteiger partial charge is 0.261 e. The minimum atomic E-state index is -0.0931. The molecule has 2 heterocycles. The fraction of sp³-hybridized carbons (Fsp3) is 0.667. The Morgan fingerprint density at radius 1 is 1.26 bits per heavy atom. The molecule has 0 radical (unpaired) electrons. The third-order valence-electron chi connectivity index (χ3n) is 2.89. The molecule has 0 saturated carbocycles. The Morgan fingerprint density at radius 2 is 2.00 bits per heavy atom. The third-order valence-corrected chi connectivity index (χ3v) is 3.60. The molecule has 104 valence electrons. The first-order valence-electron chi connectivity index (χ1n) is 6.31. The second-order valence-corrected chi connectivity index (χ2v) is 6.15. The zero-order valence-corrected chi connectivity index (χ0v) is 12.7. The average Bonchev–Trinajstić information content (AvgIpc) is 2.97. The van der Waals surface area contributed by atoms with E-state index in [0.29, 0.717) is 11.8 Å². The molecule has 1 N–H and O–H groups in total. The Morgan fingerprint density at radius 3 is 2.58 bits per heavy atom. The van der Waals surface area contributed by atoms with Gasteiger partial charge in [-0.2, -0.15) is 0 Å². The maximum Gasteiger partial charge on any atom is 0.261 e. The molecular weight excluding hydrogens is 262 g/mol. The number of rotatable bonds is 4. The molecule has 0 aromatic carbocycles. The van der Waals surface area contributed by atoms with Crippen molar-refractivity contribution < 1.29 is 4.42 Å². The summed E-state index contributed by atoms with van der Waals surface area (Å²) in [5, 5.41) is 15.6. The van der Waals surface area contributed by atoms with Gasteiger partial charge in [0, 0.05) is 5.41 Å². The molecule has 6 nitrogen and oxygen atoms in total. The maximum atomic E-state index is 5.75. The van der Waals surface area contributed by atoms with E-state index in [1.165, 1.54) is 11.5 Å². The Hall–Kier alpha value is -1.34. The van der Waals surface area contributed by atoms with Gasteiger partial charge >= 0.3 is 0 Å². The number of nitrogens with zero attached hydrogens (tertiary/aromatic N) is 4. The van der Waals surface area contributed by atoms with Crippen LogP contribution in [0.4, 0.5) is 0 Å². The van der Waals surface area contributed by atoms with Crippen LogP contribution < -0.4 is 5.32 Å². The molecule has 0 aliphatic carbocycles. The van der Waals surface area contributed by atoms with Gasteiger partial charge in [0.15, 0.2) is 0 Å². The number of hydrogen-bond acceptors (Lipinski definition) is 7. The number of nitrogens with one attached hydrogen (secondary N) is 1. The fourth-order valence-electron chi connectivity index (χ4n) is 1.79. The quantitative estimate of drug-likeness (QED) is 0.928. The topological polar surface area (TPSA) is 76.7 Å². The van der Waals surface area contributed by atoms with Crippen molar-refractivity contribution in [3.8, 4) is 10.8 Å². The molecule has 7 heteroatoms. The van der Waals surface area contributed by atoms with E-state index < -0.39 is 0 Å². The van der Waals surface area contributed by atoms with E-state index in [0.717, 1.165) is 17.0 Å². The lowest BCUT2D eigenvalue weighted by Gasteiger charge is -2.15. The van der Waals surface area contributed by atoms with Gasteiger partial charge in [0.2, 0.25) is 5.89 Å². The van der Waals surface area contributed by atoms with Crippen LogP contribution in [0.1, 0.15) is 51.7 Å². The van der Waals surface area contributed by atoms with Crippen LogP contribution in [0.2, 0.25) is 0 Å². The predicted molar refractivity (Wildman–Crippen MR) is 74.0 cm³/mol. The summed E-state index contributed by atoms with van der Waals surface area (Å²) in [6, 6.07) is 0.0835. The largest absolute Gasteiger partial charge is 0.418 e. The van der Waals surface area contributed by atoms with Crippen LogP contribution in [-0.2, 0) is 5.41 Å². The Labute approximate surface area is 116 Å². The van der Waals surface area contributed by atoms with Gasteiger partial charge in [-0.1, -0.05) is 32.2 Å². The molecule has 2 rings (SSSR count).